The molecule has 0 atom stereocenters. The van der Waals surface area contributed by atoms with Gasteiger partial charge in [0.2, 0.25) is 5.91 Å². The van der Waals surface area contributed by atoms with Crippen molar-refractivity contribution in [1.82, 2.24) is 5.32 Å². The molecule has 5 nitrogen and oxygen atoms in total. The van der Waals surface area contributed by atoms with E-state index in [0.29, 0.717) is 0 Å². The summed E-state index contributed by atoms with van der Waals surface area (Å²) in [5.74, 6) is -0.657. The molecule has 0 unspecified atom stereocenters. The van der Waals surface area contributed by atoms with Crippen molar-refractivity contribution in [3.63, 3.8) is 0 Å². The van der Waals surface area contributed by atoms with Gasteiger partial charge in [-0.3, -0.25) is 4.79 Å². The minimum absolute atomic E-state index is 0.657. The molecular formula is C6H11NO4. The van der Waals surface area contributed by atoms with Crippen molar-refractivity contribution in [2.24, 2.45) is 0 Å². The summed E-state index contributed by atoms with van der Waals surface area (Å²) in [7, 11) is 0. The van der Waals surface area contributed by atoms with E-state index in [2.05, 4.69) is 6.58 Å². The van der Waals surface area contributed by atoms with Crippen molar-refractivity contribution in [3.8, 4) is 0 Å². The van der Waals surface area contributed by atoms with Gasteiger partial charge >= 0.3 is 0 Å². The fourth-order valence-corrected chi connectivity index (χ4v) is 0.409. The number of aliphatic hydroxyl groups excluding tert-OH is 2. The highest BCUT2D eigenvalue weighted by Crippen LogP contribution is 1.95. The number of amides is 1. The summed E-state index contributed by atoms with van der Waals surface area (Å²) >= 11 is 0. The van der Waals surface area contributed by atoms with Gasteiger partial charge in [0, 0.05) is 0 Å². The van der Waals surface area contributed by atoms with E-state index in [9.17, 15) is 4.79 Å². The van der Waals surface area contributed by atoms with E-state index >= 15 is 0 Å². The van der Waals surface area contributed by atoms with Gasteiger partial charge in [-0.15, -0.1) is 0 Å². The Morgan fingerprint density at radius 1 is 1.55 bits per heavy atom. The van der Waals surface area contributed by atoms with E-state index in [1.54, 1.807) is 0 Å². The van der Waals surface area contributed by atoms with Crippen LogP contribution >= 0.6 is 0 Å². The molecule has 4 N–H and O–H groups in total. The summed E-state index contributed by atoms with van der Waals surface area (Å²) in [5, 5.41) is 27.9. The van der Waals surface area contributed by atoms with E-state index in [1.807, 2.05) is 5.32 Å². The molecule has 5 heteroatoms. The quantitative estimate of drug-likeness (QED) is 0.282. The number of carbonyl (C=O) groups is 1. The van der Waals surface area contributed by atoms with Crippen LogP contribution in [-0.2, 0) is 4.79 Å². The second-order valence-corrected chi connectivity index (χ2v) is 2.04. The van der Waals surface area contributed by atoms with Crippen molar-refractivity contribution < 1.29 is 20.1 Å². The lowest BCUT2D eigenvalue weighted by molar-refractivity contribution is -0.132. The maximum atomic E-state index is 10.5. The highest BCUT2D eigenvalue weighted by molar-refractivity contribution is 5.87. The lowest BCUT2D eigenvalue weighted by Crippen LogP contribution is -2.53. The zero-order valence-electron chi connectivity index (χ0n) is 5.95. The molecule has 0 spiro atoms. The molecule has 11 heavy (non-hydrogen) atoms. The smallest absolute Gasteiger partial charge is 0.245 e. The third-order valence-electron chi connectivity index (χ3n) is 1.06. The van der Waals surface area contributed by atoms with Gasteiger partial charge in [0.05, 0.1) is 13.2 Å². The molecule has 1 amide bonds. The average Bonchev–Trinajstić information content (AvgIpc) is 2.04. The van der Waals surface area contributed by atoms with Gasteiger partial charge in [-0.2, -0.15) is 0 Å². The van der Waals surface area contributed by atoms with Crippen LogP contribution < -0.4 is 5.32 Å². The second kappa shape index (κ2) is 4.07. The Balaban J connectivity index is 4.06. The van der Waals surface area contributed by atoms with Gasteiger partial charge < -0.3 is 20.6 Å². The number of nitrogens with one attached hydrogen (secondary N) is 1. The third-order valence-corrected chi connectivity index (χ3v) is 1.06. The highest BCUT2D eigenvalue weighted by atomic mass is 16.4. The molecule has 0 aliphatic heterocycles. The van der Waals surface area contributed by atoms with Gasteiger partial charge in [-0.05, 0) is 6.08 Å². The first-order valence-corrected chi connectivity index (χ1v) is 2.96. The van der Waals surface area contributed by atoms with Gasteiger partial charge in [-0.1, -0.05) is 6.58 Å². The zero-order chi connectivity index (χ0) is 8.91. The monoisotopic (exact) mass is 161 g/mol. The van der Waals surface area contributed by atoms with Crippen molar-refractivity contribution in [3.05, 3.63) is 12.7 Å². The van der Waals surface area contributed by atoms with Crippen LogP contribution in [0.5, 0.6) is 0 Å². The lowest BCUT2D eigenvalue weighted by Gasteiger charge is -2.23. The van der Waals surface area contributed by atoms with E-state index in [-0.39, 0.29) is 0 Å². The van der Waals surface area contributed by atoms with Gasteiger partial charge in [-0.25, -0.2) is 0 Å². The molecule has 0 aromatic heterocycles. The molecule has 0 saturated carbocycles. The fraction of sp³-hybridized carbons (Fsp3) is 0.500. The standard InChI is InChI=1S/C6H11NO4/c1-2-5(10)7-6(11,3-8)4-9/h2,8-9,11H,1,3-4H2,(H,7,10). The molecule has 0 fully saturated rings. The molecule has 64 valence electrons. The largest absolute Gasteiger partial charge is 0.391 e. The van der Waals surface area contributed by atoms with Crippen LogP contribution in [0, 0.1) is 0 Å². The molecule has 0 rings (SSSR count). The van der Waals surface area contributed by atoms with Crippen LogP contribution in [-0.4, -0.2) is 40.2 Å². The molecular weight excluding hydrogens is 150 g/mol. The van der Waals surface area contributed by atoms with E-state index in [1.165, 1.54) is 0 Å². The highest BCUT2D eigenvalue weighted by Gasteiger charge is 2.25. The van der Waals surface area contributed by atoms with Crippen molar-refractivity contribution in [2.45, 2.75) is 5.72 Å². The van der Waals surface area contributed by atoms with Crippen LogP contribution in [0.4, 0.5) is 0 Å². The molecule has 0 aliphatic rings. The molecule has 0 aliphatic carbocycles. The Morgan fingerprint density at radius 2 is 2.00 bits per heavy atom. The Kier molecular flexibility index (Phi) is 3.73. The number of carbonyl (C=O) groups excluding carboxylic acids is 1. The Bertz CT molecular complexity index is 153. The molecule has 0 heterocycles. The maximum Gasteiger partial charge on any atom is 0.245 e. The second-order valence-electron chi connectivity index (χ2n) is 2.04. The van der Waals surface area contributed by atoms with E-state index in [0.717, 1.165) is 6.08 Å². The predicted molar refractivity (Wildman–Crippen MR) is 37.5 cm³/mol. The van der Waals surface area contributed by atoms with Crippen LogP contribution in [0.2, 0.25) is 0 Å². The SMILES string of the molecule is C=CC(=O)NC(O)(CO)CO. The third kappa shape index (κ3) is 3.13. The van der Waals surface area contributed by atoms with E-state index < -0.39 is 24.8 Å². The summed E-state index contributed by atoms with van der Waals surface area (Å²) < 4.78 is 0. The molecule has 0 saturated heterocycles. The molecule has 0 aromatic rings. The Morgan fingerprint density at radius 3 is 2.27 bits per heavy atom. The topological polar surface area (TPSA) is 89.8 Å². The molecule has 0 radical (unpaired) electrons. The Hall–Kier alpha value is -0.910. The fourth-order valence-electron chi connectivity index (χ4n) is 0.409. The van der Waals surface area contributed by atoms with Crippen molar-refractivity contribution in [1.29, 1.82) is 0 Å². The van der Waals surface area contributed by atoms with Crippen LogP contribution in [0.15, 0.2) is 12.7 Å². The Labute approximate surface area is 64.0 Å². The van der Waals surface area contributed by atoms with E-state index in [4.69, 9.17) is 15.3 Å². The number of hydrogen-bond acceptors (Lipinski definition) is 4. The number of hydrogen-bond donors (Lipinski definition) is 4. The normalized spacial score (nSPS) is 10.8. The van der Waals surface area contributed by atoms with Gasteiger partial charge in [0.25, 0.3) is 0 Å². The van der Waals surface area contributed by atoms with Crippen molar-refractivity contribution in [2.75, 3.05) is 13.2 Å². The van der Waals surface area contributed by atoms with Gasteiger partial charge in [0.15, 0.2) is 5.72 Å². The summed E-state index contributed by atoms with van der Waals surface area (Å²) in [4.78, 5) is 10.5. The molecule has 0 aromatic carbocycles. The van der Waals surface area contributed by atoms with Crippen molar-refractivity contribution >= 4 is 5.91 Å². The minimum atomic E-state index is -1.95. The number of aliphatic hydroxyl groups is 3. The maximum absolute atomic E-state index is 10.5. The predicted octanol–water partition coefficient (Wildman–Crippen LogP) is -2.04. The first kappa shape index (κ1) is 10.1. The van der Waals surface area contributed by atoms with Crippen LogP contribution in [0.3, 0.4) is 0 Å². The summed E-state index contributed by atoms with van der Waals surface area (Å²) in [6.07, 6.45) is 0.927. The molecule has 0 bridgehead atoms. The van der Waals surface area contributed by atoms with Crippen LogP contribution in [0.25, 0.3) is 0 Å². The lowest BCUT2D eigenvalue weighted by atomic mass is 10.2. The average molecular weight is 161 g/mol. The summed E-state index contributed by atoms with van der Waals surface area (Å²) in [6.45, 7) is 1.63. The minimum Gasteiger partial charge on any atom is -0.391 e. The first-order valence-electron chi connectivity index (χ1n) is 2.96. The summed E-state index contributed by atoms with van der Waals surface area (Å²) in [6, 6.07) is 0. The van der Waals surface area contributed by atoms with Gasteiger partial charge in [0.1, 0.15) is 0 Å². The number of rotatable bonds is 4. The zero-order valence-corrected chi connectivity index (χ0v) is 5.95. The first-order chi connectivity index (χ1) is 5.08. The summed E-state index contributed by atoms with van der Waals surface area (Å²) in [5.41, 5.74) is -1.95. The van der Waals surface area contributed by atoms with Crippen LogP contribution in [0.1, 0.15) is 0 Å².